The van der Waals surface area contributed by atoms with E-state index in [2.05, 4.69) is 46.8 Å². The predicted octanol–water partition coefficient (Wildman–Crippen LogP) is 7.01. The average molecular weight is 709 g/mol. The first-order valence-corrected chi connectivity index (χ1v) is 17.0. The average Bonchev–Trinajstić information content (AvgIpc) is 3.41. The topological polar surface area (TPSA) is 93.0 Å². The number of rotatable bonds is 7. The minimum absolute atomic E-state index is 0.0256. The Morgan fingerprint density at radius 2 is 1.79 bits per heavy atom. The molecule has 47 heavy (non-hydrogen) atoms. The third kappa shape index (κ3) is 5.50. The summed E-state index contributed by atoms with van der Waals surface area (Å²) in [6, 6.07) is 9.02. The zero-order chi connectivity index (χ0) is 34.2. The zero-order valence-corrected chi connectivity index (χ0v) is 30.0. The number of nitrogens with zero attached hydrogens (tertiary/aromatic N) is 3. The minimum atomic E-state index is -1.52. The van der Waals surface area contributed by atoms with Gasteiger partial charge in [0.25, 0.3) is 5.88 Å². The third-order valence-corrected chi connectivity index (χ3v) is 11.4. The van der Waals surface area contributed by atoms with Gasteiger partial charge in [-0.1, -0.05) is 67.0 Å². The van der Waals surface area contributed by atoms with Crippen LogP contribution in [-0.2, 0) is 24.4 Å². The molecule has 1 aromatic heterocycles. The first-order valence-electron chi connectivity index (χ1n) is 16.2. The number of ether oxygens (including phenoxy) is 1. The van der Waals surface area contributed by atoms with Crippen LogP contribution >= 0.6 is 15.9 Å². The van der Waals surface area contributed by atoms with Crippen molar-refractivity contribution in [2.75, 3.05) is 27.7 Å². The molecule has 3 aliphatic carbocycles. The molecule has 5 atom stereocenters. The first kappa shape index (κ1) is 33.7. The second kappa shape index (κ2) is 12.0. The van der Waals surface area contributed by atoms with Crippen LogP contribution in [0.3, 0.4) is 0 Å². The van der Waals surface area contributed by atoms with E-state index in [1.165, 1.54) is 0 Å². The van der Waals surface area contributed by atoms with E-state index in [1.54, 1.807) is 13.8 Å². The minimum Gasteiger partial charge on any atom is -0.470 e. The van der Waals surface area contributed by atoms with Crippen LogP contribution in [-0.4, -0.2) is 60.0 Å². The van der Waals surface area contributed by atoms with Gasteiger partial charge in [0, 0.05) is 34.6 Å². The highest BCUT2D eigenvalue weighted by atomic mass is 79.9. The lowest BCUT2D eigenvalue weighted by atomic mass is 9.49. The van der Waals surface area contributed by atoms with Gasteiger partial charge < -0.3 is 14.2 Å². The molecule has 250 valence electrons. The molecule has 0 radical (unpaired) electrons. The zero-order valence-electron chi connectivity index (χ0n) is 28.4. The molecule has 5 unspecified atom stereocenters. The van der Waals surface area contributed by atoms with Gasteiger partial charge in [0.05, 0.1) is 17.4 Å². The Morgan fingerprint density at radius 3 is 2.43 bits per heavy atom. The molecule has 8 nitrogen and oxygen atoms in total. The molecule has 2 aromatic carbocycles. The monoisotopic (exact) mass is 707 g/mol. The lowest BCUT2D eigenvalue weighted by molar-refractivity contribution is -0.140. The van der Waals surface area contributed by atoms with Gasteiger partial charge in [-0.2, -0.15) is 0 Å². The molecule has 1 heterocycles. The molecule has 0 N–H and O–H groups in total. The van der Waals surface area contributed by atoms with Crippen molar-refractivity contribution >= 4 is 33.3 Å². The van der Waals surface area contributed by atoms with Gasteiger partial charge in [0.15, 0.2) is 23.1 Å². The Balaban J connectivity index is 1.38. The van der Waals surface area contributed by atoms with Gasteiger partial charge in [-0.05, 0) is 81.0 Å². The van der Waals surface area contributed by atoms with E-state index >= 15 is 4.39 Å². The number of hydrogen-bond donors (Lipinski definition) is 0. The number of Topliss-reactive ketones (excluding diaryl/α,β-unsaturated/α-hetero) is 3. The molecule has 3 aliphatic rings. The SMILES string of the molecule is Cc1c(Br)c(CN(C)CC(C)(C)C)c(F)c2c1C(=O)C1C(=O)C3(C)C(=O)c4c(OCc5ccccc5)noc4C(N(C)C)C3CC1C2. The van der Waals surface area contributed by atoms with Crippen LogP contribution in [0.2, 0.25) is 0 Å². The fourth-order valence-corrected chi connectivity index (χ4v) is 8.90. The summed E-state index contributed by atoms with van der Waals surface area (Å²) in [6.45, 7) is 11.2. The number of carbonyl (C=O) groups excluding carboxylic acids is 3. The summed E-state index contributed by atoms with van der Waals surface area (Å²) < 4.78 is 28.9. The molecule has 0 spiro atoms. The van der Waals surface area contributed by atoms with Gasteiger partial charge in [-0.15, -0.1) is 0 Å². The second-order valence-corrected chi connectivity index (χ2v) is 16.1. The Kier molecular flexibility index (Phi) is 8.63. The molecule has 1 fully saturated rings. The van der Waals surface area contributed by atoms with Gasteiger partial charge >= 0.3 is 0 Å². The maximum atomic E-state index is 16.5. The van der Waals surface area contributed by atoms with Crippen LogP contribution in [0.25, 0.3) is 0 Å². The Bertz CT molecular complexity index is 1760. The van der Waals surface area contributed by atoms with E-state index in [0.29, 0.717) is 39.9 Å². The van der Waals surface area contributed by atoms with Crippen LogP contribution in [0.1, 0.15) is 88.9 Å². The summed E-state index contributed by atoms with van der Waals surface area (Å²) in [6.07, 6.45) is 0.615. The molecule has 0 bridgehead atoms. The van der Waals surface area contributed by atoms with Crippen molar-refractivity contribution in [1.29, 1.82) is 0 Å². The summed E-state index contributed by atoms with van der Waals surface area (Å²) in [5, 5.41) is 4.15. The fraction of sp³-hybridized carbons (Fsp3) is 0.514. The van der Waals surface area contributed by atoms with Crippen LogP contribution < -0.4 is 4.74 Å². The normalized spacial score (nSPS) is 25.5. The number of hydrogen-bond acceptors (Lipinski definition) is 8. The van der Waals surface area contributed by atoms with Crippen molar-refractivity contribution in [1.82, 2.24) is 15.0 Å². The van der Waals surface area contributed by atoms with Crippen molar-refractivity contribution in [2.45, 2.75) is 66.7 Å². The molecule has 10 heteroatoms. The maximum absolute atomic E-state index is 16.5. The Labute approximate surface area is 284 Å². The first-order chi connectivity index (χ1) is 22.1. The number of benzene rings is 2. The highest BCUT2D eigenvalue weighted by Gasteiger charge is 2.65. The quantitative estimate of drug-likeness (QED) is 0.242. The van der Waals surface area contributed by atoms with Crippen LogP contribution in [0.15, 0.2) is 39.3 Å². The van der Waals surface area contributed by atoms with Gasteiger partial charge in [-0.25, -0.2) is 4.39 Å². The summed E-state index contributed by atoms with van der Waals surface area (Å²) in [5.74, 6) is -3.27. The molecule has 1 saturated carbocycles. The highest BCUT2D eigenvalue weighted by molar-refractivity contribution is 9.10. The van der Waals surface area contributed by atoms with Crippen LogP contribution in [0.5, 0.6) is 5.88 Å². The molecule has 0 amide bonds. The largest absolute Gasteiger partial charge is 0.470 e. The van der Waals surface area contributed by atoms with Crippen molar-refractivity contribution in [2.24, 2.45) is 28.6 Å². The number of carbonyl (C=O) groups is 3. The molecular weight excluding hydrogens is 665 g/mol. The van der Waals surface area contributed by atoms with Crippen LogP contribution in [0.4, 0.5) is 4.39 Å². The van der Waals surface area contributed by atoms with Crippen LogP contribution in [0, 0.1) is 41.3 Å². The van der Waals surface area contributed by atoms with E-state index in [4.69, 9.17) is 9.26 Å². The summed E-state index contributed by atoms with van der Waals surface area (Å²) in [4.78, 5) is 47.6. The lowest BCUT2D eigenvalue weighted by Crippen LogP contribution is -2.60. The lowest BCUT2D eigenvalue weighted by Gasteiger charge is -2.52. The van der Waals surface area contributed by atoms with E-state index in [9.17, 15) is 14.4 Å². The Hall–Kier alpha value is -3.21. The standard InChI is InChI=1S/C37H43BrFN3O5/c1-19-25-22(29(39)23(28(19)38)16-42(8)18-36(2,3)4)14-21-15-24-30(41(6)7)32-27(34(45)37(24,5)33(44)26(21)31(25)43)35(40-47-32)46-17-20-12-10-9-11-13-20/h9-13,21,24,26,30H,14-18H2,1-8H3. The van der Waals surface area contributed by atoms with Gasteiger partial charge in [-0.3, -0.25) is 19.3 Å². The smallest absolute Gasteiger partial charge is 0.265 e. The Morgan fingerprint density at radius 1 is 1.11 bits per heavy atom. The number of fused-ring (bicyclic) bond motifs is 4. The third-order valence-electron chi connectivity index (χ3n) is 10.3. The summed E-state index contributed by atoms with van der Waals surface area (Å²) >= 11 is 3.61. The van der Waals surface area contributed by atoms with Crippen molar-refractivity contribution in [3.8, 4) is 5.88 Å². The van der Waals surface area contributed by atoms with Gasteiger partial charge in [0.2, 0.25) is 0 Å². The maximum Gasteiger partial charge on any atom is 0.265 e. The van der Waals surface area contributed by atoms with Gasteiger partial charge in [0.1, 0.15) is 18.0 Å². The van der Waals surface area contributed by atoms with E-state index in [1.807, 2.05) is 56.4 Å². The summed E-state index contributed by atoms with van der Waals surface area (Å²) in [5.41, 5.74) is 1.32. The molecule has 3 aromatic rings. The fourth-order valence-electron chi connectivity index (χ4n) is 8.40. The van der Waals surface area contributed by atoms with E-state index in [0.717, 1.165) is 12.1 Å². The number of halogens is 2. The number of aromatic nitrogens is 1. The van der Waals surface area contributed by atoms with E-state index in [-0.39, 0.29) is 35.4 Å². The summed E-state index contributed by atoms with van der Waals surface area (Å²) in [7, 11) is 5.71. The highest BCUT2D eigenvalue weighted by Crippen LogP contribution is 2.59. The predicted molar refractivity (Wildman–Crippen MR) is 179 cm³/mol. The molecular formula is C37H43BrFN3O5. The molecule has 0 aliphatic heterocycles. The molecule has 0 saturated heterocycles. The van der Waals surface area contributed by atoms with Crippen molar-refractivity contribution in [3.05, 3.63) is 79.8 Å². The molecule has 6 rings (SSSR count). The number of ketones is 3. The van der Waals surface area contributed by atoms with E-state index < -0.39 is 52.4 Å². The van der Waals surface area contributed by atoms with Crippen molar-refractivity contribution < 1.29 is 28.0 Å². The van der Waals surface area contributed by atoms with Crippen molar-refractivity contribution in [3.63, 3.8) is 0 Å². The second-order valence-electron chi connectivity index (χ2n) is 15.3.